The smallest absolute Gasteiger partial charge is 0.108 e. The van der Waals surface area contributed by atoms with Crippen molar-refractivity contribution in [2.75, 3.05) is 18.0 Å². The van der Waals surface area contributed by atoms with Gasteiger partial charge in [-0.05, 0) is 52.7 Å². The Balaban J connectivity index is 0.000000457. The van der Waals surface area contributed by atoms with Gasteiger partial charge in [-0.15, -0.1) is 0 Å². The molecule has 2 bridgehead atoms. The maximum Gasteiger partial charge on any atom is 0.108 e. The third kappa shape index (κ3) is 2.40. The van der Waals surface area contributed by atoms with Gasteiger partial charge in [-0.3, -0.25) is 0 Å². The van der Waals surface area contributed by atoms with Crippen molar-refractivity contribution in [3.63, 3.8) is 0 Å². The van der Waals surface area contributed by atoms with Crippen molar-refractivity contribution in [1.29, 1.82) is 0 Å². The number of hydrogen-bond acceptors (Lipinski definition) is 2. The fourth-order valence-corrected chi connectivity index (χ4v) is 3.02. The normalized spacial score (nSPS) is 26.6. The highest BCUT2D eigenvalue weighted by Gasteiger charge is 2.36. The Morgan fingerprint density at radius 3 is 2.44 bits per heavy atom. The summed E-state index contributed by atoms with van der Waals surface area (Å²) in [6, 6.07) is 4.22. The fourth-order valence-electron chi connectivity index (χ4n) is 2.67. The van der Waals surface area contributed by atoms with Gasteiger partial charge in [0, 0.05) is 25.0 Å². The summed E-state index contributed by atoms with van der Waals surface area (Å²) in [7, 11) is 0. The SMILES string of the molecule is Brc1cc(N2CC3CC(C3)C2)ccn1.CC. The van der Waals surface area contributed by atoms with Crippen LogP contribution < -0.4 is 4.90 Å². The zero-order chi connectivity index (χ0) is 11.5. The number of pyridine rings is 1. The minimum atomic E-state index is 0.939. The predicted molar refractivity (Wildman–Crippen MR) is 71.7 cm³/mol. The molecular formula is C13H19BrN2. The van der Waals surface area contributed by atoms with E-state index in [0.717, 1.165) is 16.4 Å². The van der Waals surface area contributed by atoms with E-state index in [9.17, 15) is 0 Å². The van der Waals surface area contributed by atoms with E-state index in [1.807, 2.05) is 20.0 Å². The number of fused-ring (bicyclic) bond motifs is 2. The molecule has 1 saturated carbocycles. The molecule has 1 aromatic rings. The van der Waals surface area contributed by atoms with Gasteiger partial charge in [0.25, 0.3) is 0 Å². The van der Waals surface area contributed by atoms with Crippen molar-refractivity contribution in [2.45, 2.75) is 26.7 Å². The lowest BCUT2D eigenvalue weighted by Gasteiger charge is -2.48. The first-order valence-corrected chi connectivity index (χ1v) is 6.97. The van der Waals surface area contributed by atoms with E-state index in [4.69, 9.17) is 0 Å². The highest BCUT2D eigenvalue weighted by Crippen LogP contribution is 2.41. The topological polar surface area (TPSA) is 16.1 Å². The first kappa shape index (κ1) is 11.9. The summed E-state index contributed by atoms with van der Waals surface area (Å²) in [5.74, 6) is 1.92. The molecule has 4 rings (SSSR count). The number of hydrogen-bond donors (Lipinski definition) is 0. The summed E-state index contributed by atoms with van der Waals surface area (Å²) in [4.78, 5) is 6.65. The van der Waals surface area contributed by atoms with Gasteiger partial charge in [-0.2, -0.15) is 0 Å². The summed E-state index contributed by atoms with van der Waals surface area (Å²) < 4.78 is 0.939. The molecule has 2 nitrogen and oxygen atoms in total. The predicted octanol–water partition coefficient (Wildman–Crippen LogP) is 3.72. The van der Waals surface area contributed by atoms with Crippen LogP contribution in [0.4, 0.5) is 5.69 Å². The Morgan fingerprint density at radius 1 is 1.25 bits per heavy atom. The Kier molecular flexibility index (Phi) is 3.85. The number of nitrogens with zero attached hydrogens (tertiary/aromatic N) is 2. The number of halogens is 1. The van der Waals surface area contributed by atoms with Crippen LogP contribution in [0.2, 0.25) is 0 Å². The second-order valence-electron chi connectivity index (χ2n) is 4.45. The van der Waals surface area contributed by atoms with Crippen molar-refractivity contribution >= 4 is 21.6 Å². The van der Waals surface area contributed by atoms with Crippen LogP contribution in [0.1, 0.15) is 26.7 Å². The van der Waals surface area contributed by atoms with Gasteiger partial charge < -0.3 is 4.90 Å². The lowest BCUT2D eigenvalue weighted by atomic mass is 9.71. The molecule has 3 heteroatoms. The zero-order valence-corrected chi connectivity index (χ0v) is 11.6. The van der Waals surface area contributed by atoms with Crippen LogP contribution in [0.15, 0.2) is 22.9 Å². The first-order valence-electron chi connectivity index (χ1n) is 6.18. The minimum absolute atomic E-state index is 0.939. The van der Waals surface area contributed by atoms with Crippen molar-refractivity contribution < 1.29 is 0 Å². The summed E-state index contributed by atoms with van der Waals surface area (Å²) in [5, 5.41) is 0. The summed E-state index contributed by atoms with van der Waals surface area (Å²) in [6.07, 6.45) is 4.80. The van der Waals surface area contributed by atoms with Gasteiger partial charge in [0.05, 0.1) is 0 Å². The van der Waals surface area contributed by atoms with E-state index in [1.54, 1.807) is 0 Å². The van der Waals surface area contributed by atoms with Crippen molar-refractivity contribution in [3.05, 3.63) is 22.9 Å². The molecule has 2 aliphatic heterocycles. The average Bonchev–Trinajstić information content (AvgIpc) is 2.31. The monoisotopic (exact) mass is 282 g/mol. The molecule has 16 heavy (non-hydrogen) atoms. The third-order valence-corrected chi connectivity index (χ3v) is 3.80. The zero-order valence-electron chi connectivity index (χ0n) is 9.99. The van der Waals surface area contributed by atoms with Gasteiger partial charge in [0.1, 0.15) is 4.60 Å². The number of piperidine rings is 2. The van der Waals surface area contributed by atoms with Crippen LogP contribution in [0.3, 0.4) is 0 Å². The summed E-state index contributed by atoms with van der Waals surface area (Å²) in [6.45, 7) is 6.49. The molecule has 0 aromatic carbocycles. The Morgan fingerprint density at radius 2 is 1.88 bits per heavy atom. The molecule has 88 valence electrons. The molecule has 3 aliphatic rings. The van der Waals surface area contributed by atoms with Gasteiger partial charge in [-0.1, -0.05) is 13.8 Å². The summed E-state index contributed by atoms with van der Waals surface area (Å²) in [5.41, 5.74) is 1.32. The van der Waals surface area contributed by atoms with Crippen molar-refractivity contribution in [2.24, 2.45) is 11.8 Å². The maximum absolute atomic E-state index is 4.15. The molecule has 1 aliphatic carbocycles. The van der Waals surface area contributed by atoms with Crippen LogP contribution in [0.25, 0.3) is 0 Å². The van der Waals surface area contributed by atoms with E-state index in [0.29, 0.717) is 0 Å². The van der Waals surface area contributed by atoms with E-state index in [2.05, 4.69) is 37.9 Å². The second-order valence-corrected chi connectivity index (χ2v) is 5.26. The lowest BCUT2D eigenvalue weighted by molar-refractivity contribution is 0.159. The Labute approximate surface area is 106 Å². The van der Waals surface area contributed by atoms with Crippen LogP contribution in [-0.2, 0) is 0 Å². The average molecular weight is 283 g/mol. The molecule has 3 heterocycles. The maximum atomic E-state index is 4.15. The highest BCUT2D eigenvalue weighted by atomic mass is 79.9. The quantitative estimate of drug-likeness (QED) is 0.730. The first-order chi connectivity index (χ1) is 7.81. The summed E-state index contributed by atoms with van der Waals surface area (Å²) >= 11 is 3.42. The van der Waals surface area contributed by atoms with Crippen molar-refractivity contribution in [1.82, 2.24) is 4.98 Å². The van der Waals surface area contributed by atoms with Crippen LogP contribution in [-0.4, -0.2) is 18.1 Å². The largest absolute Gasteiger partial charge is 0.371 e. The van der Waals surface area contributed by atoms with Gasteiger partial charge in [-0.25, -0.2) is 4.98 Å². The Hall–Kier alpha value is -0.570. The molecule has 2 saturated heterocycles. The lowest BCUT2D eigenvalue weighted by Crippen LogP contribution is -2.48. The molecule has 1 aromatic heterocycles. The van der Waals surface area contributed by atoms with E-state index < -0.39 is 0 Å². The van der Waals surface area contributed by atoms with Gasteiger partial charge in [0.2, 0.25) is 0 Å². The molecule has 0 radical (unpaired) electrons. The van der Waals surface area contributed by atoms with Crippen LogP contribution in [0.5, 0.6) is 0 Å². The van der Waals surface area contributed by atoms with E-state index in [-0.39, 0.29) is 0 Å². The fraction of sp³-hybridized carbons (Fsp3) is 0.615. The molecule has 0 atom stereocenters. The highest BCUT2D eigenvalue weighted by molar-refractivity contribution is 9.10. The van der Waals surface area contributed by atoms with Crippen LogP contribution >= 0.6 is 15.9 Å². The molecule has 0 N–H and O–H groups in total. The van der Waals surface area contributed by atoms with E-state index >= 15 is 0 Å². The van der Waals surface area contributed by atoms with Gasteiger partial charge >= 0.3 is 0 Å². The third-order valence-electron chi connectivity index (χ3n) is 3.37. The standard InChI is InChI=1S/C11H13BrN2.C2H6/c12-11-5-10(1-2-13-11)14-6-8-3-9(4-8)7-14;1-2/h1-2,5,8-9H,3-4,6-7H2;1-2H3. The number of aromatic nitrogens is 1. The van der Waals surface area contributed by atoms with Crippen LogP contribution in [0, 0.1) is 11.8 Å². The Bertz CT molecular complexity index is 338. The van der Waals surface area contributed by atoms with Crippen molar-refractivity contribution in [3.8, 4) is 0 Å². The minimum Gasteiger partial charge on any atom is -0.371 e. The van der Waals surface area contributed by atoms with E-state index in [1.165, 1.54) is 31.6 Å². The molecule has 0 unspecified atom stereocenters. The molecular weight excluding hydrogens is 264 g/mol. The molecule has 0 amide bonds. The molecule has 3 fully saturated rings. The van der Waals surface area contributed by atoms with Gasteiger partial charge in [0.15, 0.2) is 0 Å². The molecule has 0 spiro atoms. The number of rotatable bonds is 1. The number of anilines is 1. The second kappa shape index (κ2) is 5.17.